The van der Waals surface area contributed by atoms with E-state index in [1.807, 2.05) is 16.3 Å². The van der Waals surface area contributed by atoms with E-state index in [-0.39, 0.29) is 24.2 Å². The van der Waals surface area contributed by atoms with E-state index in [1.165, 1.54) is 24.2 Å². The SMILES string of the molecule is O=C(CCNC(=O)c1cccs1)NCCN1CCN(C(=O)C2CCCC2)CC1. The van der Waals surface area contributed by atoms with Gasteiger partial charge in [0.05, 0.1) is 4.88 Å². The molecule has 2 N–H and O–H groups in total. The van der Waals surface area contributed by atoms with Gasteiger partial charge in [0.2, 0.25) is 11.8 Å². The molecule has 1 aliphatic heterocycles. The second-order valence-corrected chi connectivity index (χ2v) is 8.43. The number of carbonyl (C=O) groups is 3. The molecule has 8 heteroatoms. The Kier molecular flexibility index (Phi) is 7.85. The summed E-state index contributed by atoms with van der Waals surface area (Å²) in [7, 11) is 0. The van der Waals surface area contributed by atoms with Crippen LogP contribution in [0.4, 0.5) is 0 Å². The van der Waals surface area contributed by atoms with Gasteiger partial charge in [0.25, 0.3) is 5.91 Å². The van der Waals surface area contributed by atoms with Gasteiger partial charge in [0.15, 0.2) is 0 Å². The van der Waals surface area contributed by atoms with Crippen LogP contribution in [0, 0.1) is 5.92 Å². The van der Waals surface area contributed by atoms with Crippen molar-refractivity contribution in [3.05, 3.63) is 22.4 Å². The Morgan fingerprint density at radius 2 is 1.79 bits per heavy atom. The Labute approximate surface area is 170 Å². The largest absolute Gasteiger partial charge is 0.355 e. The van der Waals surface area contributed by atoms with E-state index in [4.69, 9.17) is 0 Å². The first kappa shape index (κ1) is 20.8. The summed E-state index contributed by atoms with van der Waals surface area (Å²) in [5.74, 6) is 0.413. The van der Waals surface area contributed by atoms with Crippen LogP contribution in [0.5, 0.6) is 0 Å². The summed E-state index contributed by atoms with van der Waals surface area (Å²) in [5.41, 5.74) is 0. The molecule has 2 aliphatic rings. The minimum Gasteiger partial charge on any atom is -0.355 e. The van der Waals surface area contributed by atoms with Crippen LogP contribution in [0.1, 0.15) is 41.8 Å². The van der Waals surface area contributed by atoms with E-state index in [0.29, 0.717) is 23.9 Å². The number of amides is 3. The van der Waals surface area contributed by atoms with Crippen molar-refractivity contribution in [1.29, 1.82) is 0 Å². The van der Waals surface area contributed by atoms with Gasteiger partial charge in [-0.3, -0.25) is 19.3 Å². The van der Waals surface area contributed by atoms with Crippen LogP contribution in [0.2, 0.25) is 0 Å². The molecule has 2 heterocycles. The van der Waals surface area contributed by atoms with E-state index >= 15 is 0 Å². The van der Waals surface area contributed by atoms with Crippen LogP contribution in [0.3, 0.4) is 0 Å². The van der Waals surface area contributed by atoms with Crippen molar-refractivity contribution >= 4 is 29.1 Å². The second kappa shape index (κ2) is 10.6. The lowest BCUT2D eigenvalue weighted by molar-refractivity contribution is -0.137. The average Bonchev–Trinajstić information content (AvgIpc) is 3.42. The van der Waals surface area contributed by atoms with E-state index in [2.05, 4.69) is 15.5 Å². The molecule has 0 atom stereocenters. The lowest BCUT2D eigenvalue weighted by Crippen LogP contribution is -2.51. The van der Waals surface area contributed by atoms with Crippen molar-refractivity contribution in [2.45, 2.75) is 32.1 Å². The van der Waals surface area contributed by atoms with Crippen molar-refractivity contribution in [1.82, 2.24) is 20.4 Å². The predicted octanol–water partition coefficient (Wildman–Crippen LogP) is 1.32. The number of hydrogen-bond donors (Lipinski definition) is 2. The topological polar surface area (TPSA) is 81.8 Å². The highest BCUT2D eigenvalue weighted by atomic mass is 32.1. The summed E-state index contributed by atoms with van der Waals surface area (Å²) in [6.07, 6.45) is 4.76. The first-order chi connectivity index (χ1) is 13.6. The Morgan fingerprint density at radius 1 is 1.04 bits per heavy atom. The molecule has 3 rings (SSSR count). The minimum absolute atomic E-state index is 0.0541. The van der Waals surface area contributed by atoms with Crippen molar-refractivity contribution < 1.29 is 14.4 Å². The molecule has 3 amide bonds. The van der Waals surface area contributed by atoms with Gasteiger partial charge < -0.3 is 15.5 Å². The second-order valence-electron chi connectivity index (χ2n) is 7.48. The summed E-state index contributed by atoms with van der Waals surface area (Å²) in [6.45, 7) is 5.03. The maximum absolute atomic E-state index is 12.5. The molecule has 154 valence electrons. The van der Waals surface area contributed by atoms with Crippen LogP contribution in [-0.4, -0.2) is 73.3 Å². The van der Waals surface area contributed by atoms with Crippen LogP contribution >= 0.6 is 11.3 Å². The number of hydrogen-bond acceptors (Lipinski definition) is 5. The Bertz CT molecular complexity index is 650. The number of nitrogens with zero attached hydrogens (tertiary/aromatic N) is 2. The van der Waals surface area contributed by atoms with Gasteiger partial charge in [-0.25, -0.2) is 0 Å². The molecule has 1 aromatic heterocycles. The highest BCUT2D eigenvalue weighted by Gasteiger charge is 2.29. The molecule has 0 aromatic carbocycles. The third-order valence-electron chi connectivity index (χ3n) is 5.52. The van der Waals surface area contributed by atoms with Crippen molar-refractivity contribution in [3.63, 3.8) is 0 Å². The molecular formula is C20H30N4O3S. The van der Waals surface area contributed by atoms with Gasteiger partial charge in [-0.15, -0.1) is 11.3 Å². The molecule has 1 saturated heterocycles. The molecule has 1 saturated carbocycles. The van der Waals surface area contributed by atoms with Gasteiger partial charge in [-0.1, -0.05) is 18.9 Å². The van der Waals surface area contributed by atoms with E-state index < -0.39 is 0 Å². The van der Waals surface area contributed by atoms with Crippen LogP contribution < -0.4 is 10.6 Å². The smallest absolute Gasteiger partial charge is 0.261 e. The molecule has 28 heavy (non-hydrogen) atoms. The summed E-state index contributed by atoms with van der Waals surface area (Å²) in [5, 5.41) is 7.52. The number of thiophene rings is 1. The van der Waals surface area contributed by atoms with Crippen LogP contribution in [0.25, 0.3) is 0 Å². The van der Waals surface area contributed by atoms with Gasteiger partial charge >= 0.3 is 0 Å². The molecule has 1 aliphatic carbocycles. The first-order valence-corrected chi connectivity index (χ1v) is 11.1. The molecule has 7 nitrogen and oxygen atoms in total. The molecular weight excluding hydrogens is 376 g/mol. The number of rotatable bonds is 8. The standard InChI is InChI=1S/C20H30N4O3S/c25-18(7-8-22-19(26)17-6-3-15-28-17)21-9-10-23-11-13-24(14-12-23)20(27)16-4-1-2-5-16/h3,6,15-16H,1-2,4-5,7-14H2,(H,21,25)(H,22,26). The zero-order valence-corrected chi connectivity index (χ0v) is 17.1. The molecule has 0 unspecified atom stereocenters. The normalized spacial score (nSPS) is 18.2. The summed E-state index contributed by atoms with van der Waals surface area (Å²) < 4.78 is 0. The summed E-state index contributed by atoms with van der Waals surface area (Å²) in [4.78, 5) is 41.1. The quantitative estimate of drug-likeness (QED) is 0.682. The van der Waals surface area contributed by atoms with Gasteiger partial charge in [0.1, 0.15) is 0 Å². The molecule has 0 bridgehead atoms. The fourth-order valence-electron chi connectivity index (χ4n) is 3.85. The predicted molar refractivity (Wildman–Crippen MR) is 109 cm³/mol. The maximum Gasteiger partial charge on any atom is 0.261 e. The molecule has 2 fully saturated rings. The Morgan fingerprint density at radius 3 is 2.46 bits per heavy atom. The first-order valence-electron chi connectivity index (χ1n) is 10.2. The maximum atomic E-state index is 12.5. The fourth-order valence-corrected chi connectivity index (χ4v) is 4.49. The van der Waals surface area contributed by atoms with E-state index in [1.54, 1.807) is 6.07 Å². The van der Waals surface area contributed by atoms with Crippen molar-refractivity contribution in [2.24, 2.45) is 5.92 Å². The summed E-state index contributed by atoms with van der Waals surface area (Å²) in [6, 6.07) is 3.60. The number of piperazine rings is 1. The molecule has 0 spiro atoms. The third-order valence-corrected chi connectivity index (χ3v) is 6.39. The number of carbonyl (C=O) groups excluding carboxylic acids is 3. The van der Waals surface area contributed by atoms with E-state index in [0.717, 1.165) is 45.6 Å². The van der Waals surface area contributed by atoms with Gasteiger partial charge in [0, 0.05) is 58.2 Å². The Balaban J connectivity index is 1.24. The number of nitrogens with one attached hydrogen (secondary N) is 2. The average molecular weight is 407 g/mol. The van der Waals surface area contributed by atoms with E-state index in [9.17, 15) is 14.4 Å². The van der Waals surface area contributed by atoms with Crippen LogP contribution in [-0.2, 0) is 9.59 Å². The lowest BCUT2D eigenvalue weighted by Gasteiger charge is -2.36. The third kappa shape index (κ3) is 6.04. The van der Waals surface area contributed by atoms with Crippen molar-refractivity contribution in [3.8, 4) is 0 Å². The fraction of sp³-hybridized carbons (Fsp3) is 0.650. The zero-order chi connectivity index (χ0) is 19.8. The lowest BCUT2D eigenvalue weighted by atomic mass is 10.1. The minimum atomic E-state index is -0.132. The highest BCUT2D eigenvalue weighted by molar-refractivity contribution is 7.12. The molecule has 0 radical (unpaired) electrons. The van der Waals surface area contributed by atoms with Crippen molar-refractivity contribution in [2.75, 3.05) is 45.8 Å². The monoisotopic (exact) mass is 406 g/mol. The van der Waals surface area contributed by atoms with Crippen LogP contribution in [0.15, 0.2) is 17.5 Å². The van der Waals surface area contributed by atoms with Gasteiger partial charge in [-0.2, -0.15) is 0 Å². The van der Waals surface area contributed by atoms with Gasteiger partial charge in [-0.05, 0) is 24.3 Å². The molecule has 1 aromatic rings. The summed E-state index contributed by atoms with van der Waals surface area (Å²) >= 11 is 1.39. The highest BCUT2D eigenvalue weighted by Crippen LogP contribution is 2.26. The zero-order valence-electron chi connectivity index (χ0n) is 16.3. The Hall–Kier alpha value is -1.93.